The van der Waals surface area contributed by atoms with Crippen molar-refractivity contribution in [1.82, 2.24) is 4.90 Å². The number of rotatable bonds is 2. The summed E-state index contributed by atoms with van der Waals surface area (Å²) < 4.78 is 0. The number of benzene rings is 1. The molecule has 1 aromatic rings. The van der Waals surface area contributed by atoms with E-state index in [-0.39, 0.29) is 0 Å². The molecule has 2 heteroatoms. The van der Waals surface area contributed by atoms with Crippen molar-refractivity contribution in [2.24, 2.45) is 11.8 Å². The van der Waals surface area contributed by atoms with Gasteiger partial charge in [0.25, 0.3) is 0 Å². The smallest absolute Gasteiger partial charge is 0.121 e. The minimum Gasteiger partial charge on any atom is -0.507 e. The van der Waals surface area contributed by atoms with Crippen molar-refractivity contribution in [2.75, 3.05) is 13.1 Å². The maximum absolute atomic E-state index is 9.80. The molecule has 1 aliphatic heterocycles. The van der Waals surface area contributed by atoms with E-state index in [2.05, 4.69) is 30.9 Å². The third kappa shape index (κ3) is 2.86. The van der Waals surface area contributed by atoms with E-state index < -0.39 is 0 Å². The molecule has 0 spiro atoms. The summed E-state index contributed by atoms with van der Waals surface area (Å²) in [6.45, 7) is 12.1. The molecule has 0 radical (unpaired) electrons. The average molecular weight is 247 g/mol. The summed E-state index contributed by atoms with van der Waals surface area (Å²) in [5.74, 6) is 2.09. The first kappa shape index (κ1) is 13.4. The lowest BCUT2D eigenvalue weighted by molar-refractivity contribution is 0.132. The Hall–Kier alpha value is -1.02. The molecule has 0 aromatic heterocycles. The molecule has 1 fully saturated rings. The number of hydrogen-bond donors (Lipinski definition) is 1. The summed E-state index contributed by atoms with van der Waals surface area (Å²) in [6.07, 6.45) is 1.30. The molecule has 1 N–H and O–H groups in total. The summed E-state index contributed by atoms with van der Waals surface area (Å²) in [5, 5.41) is 9.80. The summed E-state index contributed by atoms with van der Waals surface area (Å²) in [4.78, 5) is 2.54. The van der Waals surface area contributed by atoms with E-state index in [1.54, 1.807) is 0 Å². The first-order valence-corrected chi connectivity index (χ1v) is 6.99. The van der Waals surface area contributed by atoms with Gasteiger partial charge in [-0.25, -0.2) is 0 Å². The monoisotopic (exact) mass is 247 g/mol. The Morgan fingerprint density at radius 3 is 2.33 bits per heavy atom. The van der Waals surface area contributed by atoms with E-state index in [0.29, 0.717) is 5.75 Å². The van der Waals surface area contributed by atoms with Crippen molar-refractivity contribution in [2.45, 2.75) is 40.7 Å². The van der Waals surface area contributed by atoms with Crippen LogP contribution in [0.5, 0.6) is 5.75 Å². The molecule has 0 saturated carbocycles. The van der Waals surface area contributed by atoms with Crippen LogP contribution in [0.3, 0.4) is 0 Å². The number of aryl methyl sites for hydroxylation is 2. The molecule has 1 saturated heterocycles. The second-order valence-electron chi connectivity index (χ2n) is 6.06. The number of phenols is 1. The highest BCUT2D eigenvalue weighted by atomic mass is 16.3. The van der Waals surface area contributed by atoms with Crippen molar-refractivity contribution in [3.8, 4) is 5.75 Å². The van der Waals surface area contributed by atoms with Crippen LogP contribution in [0.4, 0.5) is 0 Å². The zero-order valence-corrected chi connectivity index (χ0v) is 12.0. The molecule has 0 bridgehead atoms. The lowest BCUT2D eigenvalue weighted by Crippen LogP contribution is -2.37. The Morgan fingerprint density at radius 1 is 1.17 bits per heavy atom. The SMILES string of the molecule is Cc1cc(CN2CCC(C)C(C)C2)cc(C)c1O. The molecule has 2 nitrogen and oxygen atoms in total. The van der Waals surface area contributed by atoms with Crippen molar-refractivity contribution < 1.29 is 5.11 Å². The second kappa shape index (κ2) is 5.31. The summed E-state index contributed by atoms with van der Waals surface area (Å²) in [6, 6.07) is 4.23. The average Bonchev–Trinajstić information content (AvgIpc) is 2.31. The van der Waals surface area contributed by atoms with Gasteiger partial charge in [-0.1, -0.05) is 26.0 Å². The summed E-state index contributed by atoms with van der Waals surface area (Å²) in [7, 11) is 0. The third-order valence-electron chi connectivity index (χ3n) is 4.38. The normalized spacial score (nSPS) is 25.3. The molecule has 0 amide bonds. The van der Waals surface area contributed by atoms with Gasteiger partial charge in [0.15, 0.2) is 0 Å². The van der Waals surface area contributed by atoms with Crippen LogP contribution in [0, 0.1) is 25.7 Å². The Balaban J connectivity index is 2.06. The van der Waals surface area contributed by atoms with E-state index in [1.807, 2.05) is 13.8 Å². The summed E-state index contributed by atoms with van der Waals surface area (Å²) >= 11 is 0. The van der Waals surface area contributed by atoms with Gasteiger partial charge in [-0.15, -0.1) is 0 Å². The molecule has 2 unspecified atom stereocenters. The van der Waals surface area contributed by atoms with E-state index in [1.165, 1.54) is 25.1 Å². The largest absolute Gasteiger partial charge is 0.507 e. The first-order chi connectivity index (χ1) is 8.47. The molecule has 2 rings (SSSR count). The fraction of sp³-hybridized carbons (Fsp3) is 0.625. The lowest BCUT2D eigenvalue weighted by Gasteiger charge is -2.35. The molecule has 1 aromatic carbocycles. The molecule has 100 valence electrons. The van der Waals surface area contributed by atoms with Crippen LogP contribution in [-0.2, 0) is 6.54 Å². The lowest BCUT2D eigenvalue weighted by atomic mass is 9.88. The van der Waals surface area contributed by atoms with E-state index in [9.17, 15) is 5.11 Å². The van der Waals surface area contributed by atoms with Gasteiger partial charge in [0, 0.05) is 13.1 Å². The second-order valence-corrected chi connectivity index (χ2v) is 6.06. The quantitative estimate of drug-likeness (QED) is 0.864. The molecular formula is C16H25NO. The predicted octanol–water partition coefficient (Wildman–Crippen LogP) is 3.49. The van der Waals surface area contributed by atoms with Gasteiger partial charge in [0.2, 0.25) is 0 Å². The maximum Gasteiger partial charge on any atom is 0.121 e. The molecule has 18 heavy (non-hydrogen) atoms. The zero-order chi connectivity index (χ0) is 13.3. The zero-order valence-electron chi connectivity index (χ0n) is 12.0. The number of phenolic OH excluding ortho intramolecular Hbond substituents is 1. The van der Waals surface area contributed by atoms with Crippen molar-refractivity contribution in [1.29, 1.82) is 0 Å². The van der Waals surface area contributed by atoms with E-state index in [4.69, 9.17) is 0 Å². The highest BCUT2D eigenvalue weighted by Crippen LogP contribution is 2.26. The number of aromatic hydroxyl groups is 1. The van der Waals surface area contributed by atoms with Crippen molar-refractivity contribution in [3.05, 3.63) is 28.8 Å². The van der Waals surface area contributed by atoms with Crippen LogP contribution in [0.1, 0.15) is 37.0 Å². The van der Waals surface area contributed by atoms with Crippen molar-refractivity contribution >= 4 is 0 Å². The van der Waals surface area contributed by atoms with Gasteiger partial charge in [-0.2, -0.15) is 0 Å². The van der Waals surface area contributed by atoms with Crippen LogP contribution in [0.2, 0.25) is 0 Å². The topological polar surface area (TPSA) is 23.5 Å². The predicted molar refractivity (Wildman–Crippen MR) is 75.8 cm³/mol. The number of nitrogens with zero attached hydrogens (tertiary/aromatic N) is 1. The molecular weight excluding hydrogens is 222 g/mol. The minimum absolute atomic E-state index is 0.444. The molecule has 0 aliphatic carbocycles. The van der Waals surface area contributed by atoms with Crippen LogP contribution < -0.4 is 0 Å². The fourth-order valence-corrected chi connectivity index (χ4v) is 2.89. The molecule has 1 heterocycles. The number of piperidine rings is 1. The Bertz CT molecular complexity index is 404. The van der Waals surface area contributed by atoms with Gasteiger partial charge in [0.1, 0.15) is 5.75 Å². The van der Waals surface area contributed by atoms with Gasteiger partial charge in [-0.3, -0.25) is 4.90 Å². The number of hydrogen-bond acceptors (Lipinski definition) is 2. The van der Waals surface area contributed by atoms with E-state index >= 15 is 0 Å². The highest BCUT2D eigenvalue weighted by molar-refractivity contribution is 5.42. The van der Waals surface area contributed by atoms with Gasteiger partial charge >= 0.3 is 0 Å². The van der Waals surface area contributed by atoms with Crippen LogP contribution in [0.15, 0.2) is 12.1 Å². The van der Waals surface area contributed by atoms with Crippen LogP contribution in [0.25, 0.3) is 0 Å². The first-order valence-electron chi connectivity index (χ1n) is 6.99. The maximum atomic E-state index is 9.80. The Kier molecular flexibility index (Phi) is 3.96. The molecule has 2 atom stereocenters. The molecule has 1 aliphatic rings. The Labute approximate surface area is 111 Å². The van der Waals surface area contributed by atoms with Gasteiger partial charge in [0.05, 0.1) is 0 Å². The van der Waals surface area contributed by atoms with Crippen LogP contribution in [-0.4, -0.2) is 23.1 Å². The van der Waals surface area contributed by atoms with Gasteiger partial charge < -0.3 is 5.11 Å². The van der Waals surface area contributed by atoms with Crippen molar-refractivity contribution in [3.63, 3.8) is 0 Å². The number of likely N-dealkylation sites (tertiary alicyclic amines) is 1. The fourth-order valence-electron chi connectivity index (χ4n) is 2.89. The third-order valence-corrected chi connectivity index (χ3v) is 4.38. The Morgan fingerprint density at radius 2 is 1.78 bits per heavy atom. The summed E-state index contributed by atoms with van der Waals surface area (Å²) in [5.41, 5.74) is 3.30. The van der Waals surface area contributed by atoms with Crippen LogP contribution >= 0.6 is 0 Å². The standard InChI is InChI=1S/C16H25NO/c1-11-5-6-17(9-14(11)4)10-15-7-12(2)16(18)13(3)8-15/h7-8,11,14,18H,5-6,9-10H2,1-4H3. The van der Waals surface area contributed by atoms with Gasteiger partial charge in [-0.05, 0) is 55.3 Å². The van der Waals surface area contributed by atoms with E-state index in [0.717, 1.165) is 29.5 Å². The highest BCUT2D eigenvalue weighted by Gasteiger charge is 2.22. The minimum atomic E-state index is 0.444.